The molecule has 0 spiro atoms. The minimum absolute atomic E-state index is 0. The number of rotatable bonds is 5. The van der Waals surface area contributed by atoms with Gasteiger partial charge in [0.25, 0.3) is 0 Å². The minimum atomic E-state index is -0.123. The Morgan fingerprint density at radius 2 is 1.87 bits per heavy atom. The highest BCUT2D eigenvalue weighted by molar-refractivity contribution is 14.0. The summed E-state index contributed by atoms with van der Waals surface area (Å²) >= 11 is 0. The van der Waals surface area contributed by atoms with Crippen molar-refractivity contribution in [2.45, 2.75) is 26.3 Å². The summed E-state index contributed by atoms with van der Waals surface area (Å²) in [7, 11) is 3.41. The van der Waals surface area contributed by atoms with Crippen molar-refractivity contribution in [1.29, 1.82) is 0 Å². The Balaban J connectivity index is 0.00000341. The first-order chi connectivity index (χ1) is 14.6. The molecular weight excluding hydrogens is 503 g/mol. The quantitative estimate of drug-likeness (QED) is 0.336. The molecule has 1 saturated heterocycles. The second kappa shape index (κ2) is 12.3. The summed E-state index contributed by atoms with van der Waals surface area (Å²) in [4.78, 5) is 18.2. The predicted molar refractivity (Wildman–Crippen MR) is 138 cm³/mol. The maximum Gasteiger partial charge on any atom is 0.221 e. The fraction of sp³-hybridized carbons (Fsp3) is 0.333. The van der Waals surface area contributed by atoms with Gasteiger partial charge in [0.05, 0.1) is 12.8 Å². The molecule has 6 nitrogen and oxygen atoms in total. The zero-order valence-electron chi connectivity index (χ0n) is 18.4. The van der Waals surface area contributed by atoms with Gasteiger partial charge < -0.3 is 20.3 Å². The zero-order chi connectivity index (χ0) is 21.3. The van der Waals surface area contributed by atoms with E-state index >= 15 is 0 Å². The van der Waals surface area contributed by atoms with Crippen molar-refractivity contribution in [2.75, 3.05) is 32.6 Å². The number of anilines is 1. The molecule has 0 aliphatic carbocycles. The van der Waals surface area contributed by atoms with Crippen molar-refractivity contribution in [3.05, 3.63) is 65.2 Å². The number of aliphatic imine (C=N–C) groups is 1. The Hall–Kier alpha value is -2.55. The zero-order valence-corrected chi connectivity index (χ0v) is 20.7. The Morgan fingerprint density at radius 1 is 1.16 bits per heavy atom. The Labute approximate surface area is 201 Å². The van der Waals surface area contributed by atoms with Crippen LogP contribution >= 0.6 is 24.0 Å². The number of hydrogen-bond donors (Lipinski definition) is 2. The van der Waals surface area contributed by atoms with E-state index in [0.717, 1.165) is 37.5 Å². The number of nitrogens with one attached hydrogen (secondary N) is 2. The minimum Gasteiger partial charge on any atom is -0.495 e. The molecule has 166 valence electrons. The van der Waals surface area contributed by atoms with Crippen molar-refractivity contribution in [2.24, 2.45) is 4.99 Å². The highest BCUT2D eigenvalue weighted by Crippen LogP contribution is 2.25. The molecule has 0 saturated carbocycles. The number of piperidine rings is 1. The number of hydrogen-bond acceptors (Lipinski definition) is 3. The largest absolute Gasteiger partial charge is 0.495 e. The van der Waals surface area contributed by atoms with Gasteiger partial charge in [0, 0.05) is 33.6 Å². The van der Waals surface area contributed by atoms with E-state index in [2.05, 4.69) is 50.9 Å². The maximum atomic E-state index is 11.4. The van der Waals surface area contributed by atoms with Gasteiger partial charge in [-0.1, -0.05) is 48.0 Å². The van der Waals surface area contributed by atoms with E-state index in [1.807, 2.05) is 31.3 Å². The SMILES string of the molecule is CN=C(NCc1ccc(OC)c(NC(C)=O)c1)N1CCC(=Cc2ccccc2)CC1.I. The van der Waals surface area contributed by atoms with Crippen LogP contribution in [0, 0.1) is 0 Å². The lowest BCUT2D eigenvalue weighted by Crippen LogP contribution is -2.44. The molecule has 0 atom stereocenters. The second-order valence-corrected chi connectivity index (χ2v) is 7.32. The summed E-state index contributed by atoms with van der Waals surface area (Å²) in [5.41, 5.74) is 4.45. The average molecular weight is 534 g/mol. The van der Waals surface area contributed by atoms with Crippen molar-refractivity contribution in [3.8, 4) is 5.75 Å². The number of methoxy groups -OCH3 is 1. The summed E-state index contributed by atoms with van der Waals surface area (Å²) in [5.74, 6) is 1.42. The average Bonchev–Trinajstić information content (AvgIpc) is 2.76. The topological polar surface area (TPSA) is 66.0 Å². The number of carbonyl (C=O) groups excluding carboxylic acids is 1. The lowest BCUT2D eigenvalue weighted by Gasteiger charge is -2.31. The van der Waals surface area contributed by atoms with E-state index in [4.69, 9.17) is 4.74 Å². The third kappa shape index (κ3) is 7.27. The maximum absolute atomic E-state index is 11.4. The molecule has 31 heavy (non-hydrogen) atoms. The van der Waals surface area contributed by atoms with E-state index in [1.54, 1.807) is 7.11 Å². The van der Waals surface area contributed by atoms with E-state index in [-0.39, 0.29) is 29.9 Å². The molecule has 0 radical (unpaired) electrons. The highest BCUT2D eigenvalue weighted by Gasteiger charge is 2.17. The monoisotopic (exact) mass is 534 g/mol. The summed E-state index contributed by atoms with van der Waals surface area (Å²) in [6.45, 7) is 3.99. The molecule has 3 rings (SSSR count). The van der Waals surface area contributed by atoms with Gasteiger partial charge in [0.2, 0.25) is 5.91 Å². The Morgan fingerprint density at radius 3 is 2.48 bits per heavy atom. The second-order valence-electron chi connectivity index (χ2n) is 7.32. The fourth-order valence-electron chi connectivity index (χ4n) is 3.60. The predicted octanol–water partition coefficient (Wildman–Crippen LogP) is 4.53. The standard InChI is InChI=1S/C24H30N4O2.HI/c1-18(29)27-22-16-21(9-10-23(22)30-3)17-26-24(25-2)28-13-11-20(12-14-28)15-19-7-5-4-6-8-19;/h4-10,15-16H,11-14,17H2,1-3H3,(H,25,26)(H,27,29);1H. The number of halogens is 1. The highest BCUT2D eigenvalue weighted by atomic mass is 127. The summed E-state index contributed by atoms with van der Waals surface area (Å²) in [5, 5.41) is 6.26. The van der Waals surface area contributed by atoms with Gasteiger partial charge >= 0.3 is 0 Å². The lowest BCUT2D eigenvalue weighted by atomic mass is 10.0. The van der Waals surface area contributed by atoms with Crippen molar-refractivity contribution in [1.82, 2.24) is 10.2 Å². The first-order valence-corrected chi connectivity index (χ1v) is 10.2. The van der Waals surface area contributed by atoms with Crippen molar-refractivity contribution >= 4 is 47.6 Å². The number of amides is 1. The molecule has 2 aromatic carbocycles. The van der Waals surface area contributed by atoms with Crippen LogP contribution in [0.1, 0.15) is 30.9 Å². The number of carbonyl (C=O) groups is 1. The summed E-state index contributed by atoms with van der Waals surface area (Å²) in [6.07, 6.45) is 4.37. The van der Waals surface area contributed by atoms with Gasteiger partial charge in [-0.15, -0.1) is 24.0 Å². The van der Waals surface area contributed by atoms with E-state index in [9.17, 15) is 4.79 Å². The van der Waals surface area contributed by atoms with Crippen LogP contribution in [-0.4, -0.2) is 44.0 Å². The van der Waals surface area contributed by atoms with Gasteiger partial charge in [0.1, 0.15) is 5.75 Å². The molecule has 1 aliphatic rings. The molecule has 0 unspecified atom stereocenters. The smallest absolute Gasteiger partial charge is 0.221 e. The molecule has 1 fully saturated rings. The van der Waals surface area contributed by atoms with Gasteiger partial charge in [-0.05, 0) is 36.1 Å². The third-order valence-corrected chi connectivity index (χ3v) is 5.11. The van der Waals surface area contributed by atoms with Gasteiger partial charge in [-0.3, -0.25) is 9.79 Å². The molecule has 1 heterocycles. The molecule has 0 aromatic heterocycles. The number of ether oxygens (including phenoxy) is 1. The molecule has 1 aliphatic heterocycles. The van der Waals surface area contributed by atoms with Gasteiger partial charge in [-0.25, -0.2) is 0 Å². The van der Waals surface area contributed by atoms with Crippen LogP contribution in [0.5, 0.6) is 5.75 Å². The van der Waals surface area contributed by atoms with Gasteiger partial charge in [0.15, 0.2) is 5.96 Å². The molecule has 2 aromatic rings. The van der Waals surface area contributed by atoms with E-state index < -0.39 is 0 Å². The van der Waals surface area contributed by atoms with Crippen LogP contribution in [-0.2, 0) is 11.3 Å². The van der Waals surface area contributed by atoms with Gasteiger partial charge in [-0.2, -0.15) is 0 Å². The fourth-order valence-corrected chi connectivity index (χ4v) is 3.60. The van der Waals surface area contributed by atoms with Crippen molar-refractivity contribution in [3.63, 3.8) is 0 Å². The van der Waals surface area contributed by atoms with Crippen LogP contribution in [0.15, 0.2) is 59.1 Å². The van der Waals surface area contributed by atoms with Crippen LogP contribution in [0.3, 0.4) is 0 Å². The van der Waals surface area contributed by atoms with Crippen LogP contribution in [0.25, 0.3) is 6.08 Å². The molecule has 2 N–H and O–H groups in total. The number of nitrogens with zero attached hydrogens (tertiary/aromatic N) is 2. The number of likely N-dealkylation sites (tertiary alicyclic amines) is 1. The first kappa shape index (κ1) is 24.7. The number of guanidine groups is 1. The molecular formula is C24H31IN4O2. The molecule has 0 bridgehead atoms. The Bertz CT molecular complexity index is 918. The normalized spacial score (nSPS) is 13.8. The van der Waals surface area contributed by atoms with E-state index in [0.29, 0.717) is 18.0 Å². The van der Waals surface area contributed by atoms with Crippen LogP contribution in [0.2, 0.25) is 0 Å². The lowest BCUT2D eigenvalue weighted by molar-refractivity contribution is -0.114. The third-order valence-electron chi connectivity index (χ3n) is 5.11. The van der Waals surface area contributed by atoms with Crippen LogP contribution < -0.4 is 15.4 Å². The molecule has 1 amide bonds. The van der Waals surface area contributed by atoms with E-state index in [1.165, 1.54) is 18.1 Å². The first-order valence-electron chi connectivity index (χ1n) is 10.2. The van der Waals surface area contributed by atoms with Crippen LogP contribution in [0.4, 0.5) is 5.69 Å². The Kier molecular flexibility index (Phi) is 9.84. The molecule has 7 heteroatoms. The summed E-state index contributed by atoms with van der Waals surface area (Å²) < 4.78 is 5.32. The summed E-state index contributed by atoms with van der Waals surface area (Å²) in [6, 6.07) is 16.3. The van der Waals surface area contributed by atoms with Crippen molar-refractivity contribution < 1.29 is 9.53 Å². The number of benzene rings is 2.